The molecule has 9 nitrogen and oxygen atoms in total. The van der Waals surface area contributed by atoms with Crippen molar-refractivity contribution in [2.45, 2.75) is 65.1 Å². The highest BCUT2D eigenvalue weighted by Gasteiger charge is 2.50. The second-order valence-electron chi connectivity index (χ2n) is 10.7. The maximum absolute atomic E-state index is 11.8. The number of rotatable bonds is 7. The smallest absolute Gasteiger partial charge is 0.404 e. The third kappa shape index (κ3) is 5.02. The molecule has 2 aromatic carbocycles. The van der Waals surface area contributed by atoms with E-state index in [1.165, 1.54) is 0 Å². The van der Waals surface area contributed by atoms with Gasteiger partial charge in [-0.2, -0.15) is 10.2 Å². The summed E-state index contributed by atoms with van der Waals surface area (Å²) in [5.74, 6) is 0.927. The first kappa shape index (κ1) is 26.2. The minimum Gasteiger partial charge on any atom is -0.490 e. The summed E-state index contributed by atoms with van der Waals surface area (Å²) in [6.45, 7) is 9.34. The number of ether oxygens (including phenoxy) is 2. The monoisotopic (exact) mass is 504 g/mol. The summed E-state index contributed by atoms with van der Waals surface area (Å²) in [6, 6.07) is 13.1. The van der Waals surface area contributed by atoms with E-state index in [9.17, 15) is 15.2 Å². The van der Waals surface area contributed by atoms with Crippen LogP contribution in [0.3, 0.4) is 0 Å². The number of primary amides is 1. The van der Waals surface area contributed by atoms with Crippen LogP contribution in [0, 0.1) is 16.7 Å². The number of carbonyl (C=O) groups is 1. The molecule has 4 rings (SSSR count). The molecular formula is C28H32N4O5. The van der Waals surface area contributed by atoms with Crippen LogP contribution in [-0.2, 0) is 11.2 Å². The van der Waals surface area contributed by atoms with Crippen LogP contribution in [0.5, 0.6) is 5.75 Å². The SMILES string of the molecule is CC(C)Oc1ccc(-c2nc(-c3cccc4c3CCC4C(O)(COC(N)=O)C(C)(C)C)no2)cc1C#N. The maximum atomic E-state index is 11.8. The zero-order chi connectivity index (χ0) is 27.0. The number of benzene rings is 2. The van der Waals surface area contributed by atoms with Gasteiger partial charge in [0.05, 0.1) is 11.7 Å². The number of nitriles is 1. The average molecular weight is 505 g/mol. The molecule has 1 aliphatic carbocycles. The Bertz CT molecular complexity index is 1350. The number of hydrogen-bond acceptors (Lipinski definition) is 8. The Morgan fingerprint density at radius 1 is 1.30 bits per heavy atom. The lowest BCUT2D eigenvalue weighted by Gasteiger charge is -2.44. The van der Waals surface area contributed by atoms with Gasteiger partial charge >= 0.3 is 6.09 Å². The first-order valence-electron chi connectivity index (χ1n) is 12.3. The van der Waals surface area contributed by atoms with E-state index in [-0.39, 0.29) is 24.5 Å². The van der Waals surface area contributed by atoms with Gasteiger partial charge in [0.25, 0.3) is 5.89 Å². The molecule has 37 heavy (non-hydrogen) atoms. The molecule has 0 aliphatic heterocycles. The summed E-state index contributed by atoms with van der Waals surface area (Å²) in [5, 5.41) is 25.5. The Labute approximate surface area is 216 Å². The Morgan fingerprint density at radius 3 is 2.70 bits per heavy atom. The summed E-state index contributed by atoms with van der Waals surface area (Å²) in [7, 11) is 0. The molecule has 1 heterocycles. The second kappa shape index (κ2) is 9.87. The Kier molecular flexibility index (Phi) is 6.98. The Balaban J connectivity index is 1.68. The van der Waals surface area contributed by atoms with E-state index in [1.54, 1.807) is 18.2 Å². The molecule has 0 bridgehead atoms. The third-order valence-corrected chi connectivity index (χ3v) is 6.96. The van der Waals surface area contributed by atoms with E-state index in [0.717, 1.165) is 16.7 Å². The summed E-state index contributed by atoms with van der Waals surface area (Å²) in [4.78, 5) is 15.9. The van der Waals surface area contributed by atoms with Crippen LogP contribution in [0.25, 0.3) is 22.8 Å². The molecule has 1 amide bonds. The van der Waals surface area contributed by atoms with Crippen molar-refractivity contribution in [2.24, 2.45) is 11.1 Å². The molecule has 0 radical (unpaired) electrons. The van der Waals surface area contributed by atoms with Crippen LogP contribution in [-0.4, -0.2) is 39.7 Å². The third-order valence-electron chi connectivity index (χ3n) is 6.96. The molecule has 2 unspecified atom stereocenters. The van der Waals surface area contributed by atoms with E-state index in [0.29, 0.717) is 35.5 Å². The molecule has 194 valence electrons. The molecule has 0 spiro atoms. The van der Waals surface area contributed by atoms with Crippen LogP contribution in [0.2, 0.25) is 0 Å². The minimum absolute atomic E-state index is 0.0599. The van der Waals surface area contributed by atoms with Crippen molar-refractivity contribution in [3.63, 3.8) is 0 Å². The van der Waals surface area contributed by atoms with Crippen LogP contribution >= 0.6 is 0 Å². The maximum Gasteiger partial charge on any atom is 0.404 e. The molecule has 3 aromatic rings. The van der Waals surface area contributed by atoms with Gasteiger partial charge in [0.2, 0.25) is 5.82 Å². The normalized spacial score (nSPS) is 16.6. The average Bonchev–Trinajstić information content (AvgIpc) is 3.49. The van der Waals surface area contributed by atoms with Crippen LogP contribution in [0.4, 0.5) is 4.79 Å². The summed E-state index contributed by atoms with van der Waals surface area (Å²) in [5.41, 5.74) is 7.06. The number of nitrogens with two attached hydrogens (primary N) is 1. The second-order valence-corrected chi connectivity index (χ2v) is 10.7. The summed E-state index contributed by atoms with van der Waals surface area (Å²) in [6.07, 6.45) is 0.373. The molecule has 1 aromatic heterocycles. The standard InChI is InChI=1S/C28H32N4O5/c1-16(2)36-23-12-9-17(13-18(23)14-29)25-31-24(32-37-25)21-8-6-7-20-19(21)10-11-22(20)28(34,27(3,4)5)15-35-26(30)33/h6-9,12-13,16,22,34H,10-11,15H2,1-5H3,(H2,30,33). The zero-order valence-electron chi connectivity index (χ0n) is 21.7. The van der Waals surface area contributed by atoms with Crippen molar-refractivity contribution < 1.29 is 23.9 Å². The molecule has 0 saturated carbocycles. The highest BCUT2D eigenvalue weighted by molar-refractivity contribution is 5.67. The van der Waals surface area contributed by atoms with Gasteiger partial charge in [0.15, 0.2) is 0 Å². The predicted octanol–water partition coefficient (Wildman–Crippen LogP) is 4.96. The molecule has 0 saturated heterocycles. The lowest BCUT2D eigenvalue weighted by Crippen LogP contribution is -2.52. The van der Waals surface area contributed by atoms with Gasteiger partial charge in [-0.15, -0.1) is 0 Å². The summed E-state index contributed by atoms with van der Waals surface area (Å²) < 4.78 is 16.4. The molecular weight excluding hydrogens is 472 g/mol. The largest absolute Gasteiger partial charge is 0.490 e. The lowest BCUT2D eigenvalue weighted by atomic mass is 9.67. The highest BCUT2D eigenvalue weighted by Crippen LogP contribution is 2.50. The Hall–Kier alpha value is -3.90. The van der Waals surface area contributed by atoms with Gasteiger partial charge in [-0.1, -0.05) is 44.1 Å². The quantitative estimate of drug-likeness (QED) is 0.459. The van der Waals surface area contributed by atoms with Crippen molar-refractivity contribution in [2.75, 3.05) is 6.61 Å². The van der Waals surface area contributed by atoms with Gasteiger partial charge < -0.3 is 24.8 Å². The predicted molar refractivity (Wildman–Crippen MR) is 137 cm³/mol. The van der Waals surface area contributed by atoms with Crippen LogP contribution < -0.4 is 10.5 Å². The van der Waals surface area contributed by atoms with E-state index in [1.807, 2.05) is 52.8 Å². The van der Waals surface area contributed by atoms with E-state index < -0.39 is 17.1 Å². The topological polar surface area (TPSA) is 144 Å². The van der Waals surface area contributed by atoms with Gasteiger partial charge in [-0.3, -0.25) is 0 Å². The number of hydrogen-bond donors (Lipinski definition) is 2. The first-order chi connectivity index (χ1) is 17.4. The number of aromatic nitrogens is 2. The summed E-state index contributed by atoms with van der Waals surface area (Å²) >= 11 is 0. The fourth-order valence-corrected chi connectivity index (χ4v) is 4.94. The van der Waals surface area contributed by atoms with Crippen molar-refractivity contribution in [3.05, 3.63) is 53.1 Å². The van der Waals surface area contributed by atoms with Gasteiger partial charge in [-0.25, -0.2) is 4.79 Å². The van der Waals surface area contributed by atoms with E-state index in [2.05, 4.69) is 16.2 Å². The van der Waals surface area contributed by atoms with Crippen LogP contribution in [0.15, 0.2) is 40.9 Å². The molecule has 9 heteroatoms. The van der Waals surface area contributed by atoms with Crippen LogP contribution in [0.1, 0.15) is 63.6 Å². The Morgan fingerprint density at radius 2 is 2.05 bits per heavy atom. The number of carbonyl (C=O) groups excluding carboxylic acids is 1. The minimum atomic E-state index is -1.33. The number of fused-ring (bicyclic) bond motifs is 1. The van der Waals surface area contributed by atoms with Gasteiger partial charge in [0, 0.05) is 17.0 Å². The number of nitrogens with zero attached hydrogens (tertiary/aromatic N) is 3. The highest BCUT2D eigenvalue weighted by atomic mass is 16.6. The zero-order valence-corrected chi connectivity index (χ0v) is 21.7. The molecule has 2 atom stereocenters. The number of aliphatic hydroxyl groups is 1. The van der Waals surface area contributed by atoms with E-state index >= 15 is 0 Å². The molecule has 1 aliphatic rings. The van der Waals surface area contributed by atoms with Crippen molar-refractivity contribution >= 4 is 6.09 Å². The fraction of sp³-hybridized carbons (Fsp3) is 0.429. The van der Waals surface area contributed by atoms with E-state index in [4.69, 9.17) is 19.7 Å². The molecule has 3 N–H and O–H groups in total. The van der Waals surface area contributed by atoms with Gasteiger partial charge in [-0.05, 0) is 61.4 Å². The van der Waals surface area contributed by atoms with Gasteiger partial charge in [0.1, 0.15) is 24.0 Å². The van der Waals surface area contributed by atoms with Crippen molar-refractivity contribution in [1.29, 1.82) is 5.26 Å². The van der Waals surface area contributed by atoms with Crippen molar-refractivity contribution in [1.82, 2.24) is 10.1 Å². The molecule has 0 fully saturated rings. The first-order valence-corrected chi connectivity index (χ1v) is 12.3. The van der Waals surface area contributed by atoms with Crippen molar-refractivity contribution in [3.8, 4) is 34.7 Å². The fourth-order valence-electron chi connectivity index (χ4n) is 4.94. The lowest BCUT2D eigenvalue weighted by molar-refractivity contribution is -0.114. The number of amides is 1.